The van der Waals surface area contributed by atoms with Gasteiger partial charge in [-0.25, -0.2) is 0 Å². The molecule has 170 valence electrons. The van der Waals surface area contributed by atoms with Gasteiger partial charge in [0.05, 0.1) is 31.3 Å². The Morgan fingerprint density at radius 1 is 1.13 bits per heavy atom. The standard InChI is InChI=1S/C22H37N3O5/c1-13-9-16(10-25(20(13)26)17-11-28-12-17)19-23-18(24-30-19)14-5-7-15(8-6-14)21(27)29-22(2,3)4/h13-19,23-24H,5-12H2,1-4H3. The van der Waals surface area contributed by atoms with E-state index in [1.165, 1.54) is 0 Å². The van der Waals surface area contributed by atoms with Crippen LogP contribution in [0, 0.1) is 23.7 Å². The summed E-state index contributed by atoms with van der Waals surface area (Å²) in [4.78, 5) is 32.8. The lowest BCUT2D eigenvalue weighted by atomic mass is 9.80. The molecule has 0 aromatic carbocycles. The summed E-state index contributed by atoms with van der Waals surface area (Å²) in [5, 5.41) is 3.62. The summed E-state index contributed by atoms with van der Waals surface area (Å²) in [6, 6.07) is 0.219. The van der Waals surface area contributed by atoms with Crippen LogP contribution in [-0.2, 0) is 23.9 Å². The molecule has 3 aliphatic heterocycles. The molecule has 4 fully saturated rings. The van der Waals surface area contributed by atoms with Gasteiger partial charge in [0.2, 0.25) is 5.91 Å². The Morgan fingerprint density at radius 3 is 2.43 bits per heavy atom. The molecule has 8 heteroatoms. The average molecular weight is 424 g/mol. The van der Waals surface area contributed by atoms with Crippen molar-refractivity contribution in [3.8, 4) is 0 Å². The lowest BCUT2D eigenvalue weighted by Crippen LogP contribution is -2.59. The molecule has 2 N–H and O–H groups in total. The van der Waals surface area contributed by atoms with Crippen LogP contribution in [0.25, 0.3) is 0 Å². The normalized spacial score (nSPS) is 38.4. The molecule has 3 saturated heterocycles. The zero-order valence-corrected chi connectivity index (χ0v) is 18.7. The van der Waals surface area contributed by atoms with Crippen LogP contribution in [0.4, 0.5) is 0 Å². The van der Waals surface area contributed by atoms with Gasteiger partial charge in [0.25, 0.3) is 0 Å². The lowest BCUT2D eigenvalue weighted by Gasteiger charge is -2.44. The van der Waals surface area contributed by atoms with Crippen molar-refractivity contribution >= 4 is 11.9 Å². The number of hydrogen-bond donors (Lipinski definition) is 2. The number of esters is 1. The third-order valence-electron chi connectivity index (χ3n) is 6.93. The van der Waals surface area contributed by atoms with Crippen LogP contribution < -0.4 is 10.8 Å². The first kappa shape index (κ1) is 22.0. The molecule has 1 saturated carbocycles. The van der Waals surface area contributed by atoms with E-state index < -0.39 is 5.60 Å². The topological polar surface area (TPSA) is 89.1 Å². The summed E-state index contributed by atoms with van der Waals surface area (Å²) in [6.07, 6.45) is 4.47. The van der Waals surface area contributed by atoms with Crippen LogP contribution in [0.5, 0.6) is 0 Å². The predicted molar refractivity (Wildman–Crippen MR) is 110 cm³/mol. The van der Waals surface area contributed by atoms with Crippen molar-refractivity contribution in [2.75, 3.05) is 19.8 Å². The summed E-state index contributed by atoms with van der Waals surface area (Å²) in [5.41, 5.74) is 2.77. The molecule has 4 rings (SSSR count). The summed E-state index contributed by atoms with van der Waals surface area (Å²) in [6.45, 7) is 9.77. The van der Waals surface area contributed by atoms with Gasteiger partial charge in [0.1, 0.15) is 11.8 Å². The third-order valence-corrected chi connectivity index (χ3v) is 6.93. The Balaban J connectivity index is 1.27. The monoisotopic (exact) mass is 423 g/mol. The van der Waals surface area contributed by atoms with Gasteiger partial charge < -0.3 is 14.4 Å². The maximum absolute atomic E-state index is 12.6. The molecular weight excluding hydrogens is 386 g/mol. The van der Waals surface area contributed by atoms with Crippen LogP contribution >= 0.6 is 0 Å². The van der Waals surface area contributed by atoms with Crippen molar-refractivity contribution in [3.63, 3.8) is 0 Å². The number of ether oxygens (including phenoxy) is 2. The number of hydrogen-bond acceptors (Lipinski definition) is 7. The minimum atomic E-state index is -0.429. The first-order valence-electron chi connectivity index (χ1n) is 11.5. The number of nitrogens with zero attached hydrogens (tertiary/aromatic N) is 1. The minimum absolute atomic E-state index is 0.00190. The molecule has 8 nitrogen and oxygen atoms in total. The van der Waals surface area contributed by atoms with E-state index in [9.17, 15) is 9.59 Å². The van der Waals surface area contributed by atoms with Crippen molar-refractivity contribution in [1.29, 1.82) is 0 Å². The highest BCUT2D eigenvalue weighted by molar-refractivity contribution is 5.79. The molecular formula is C22H37N3O5. The zero-order chi connectivity index (χ0) is 21.5. The van der Waals surface area contributed by atoms with Gasteiger partial charge >= 0.3 is 5.97 Å². The number of likely N-dealkylation sites (tertiary alicyclic amines) is 1. The van der Waals surface area contributed by atoms with E-state index >= 15 is 0 Å². The van der Waals surface area contributed by atoms with E-state index in [1.807, 2.05) is 32.6 Å². The summed E-state index contributed by atoms with van der Waals surface area (Å²) in [5.74, 6) is 0.868. The SMILES string of the molecule is CC1CC(C2NC(C3CCC(C(=O)OC(C)(C)C)CC3)NO2)CN(C2COC2)C1=O. The molecule has 0 spiro atoms. The molecule has 30 heavy (non-hydrogen) atoms. The summed E-state index contributed by atoms with van der Waals surface area (Å²) >= 11 is 0. The smallest absolute Gasteiger partial charge is 0.309 e. The van der Waals surface area contributed by atoms with Crippen LogP contribution in [0.2, 0.25) is 0 Å². The van der Waals surface area contributed by atoms with E-state index in [-0.39, 0.29) is 48.1 Å². The van der Waals surface area contributed by atoms with Crippen molar-refractivity contribution in [2.24, 2.45) is 23.7 Å². The Hall–Kier alpha value is -1.22. The van der Waals surface area contributed by atoms with Gasteiger partial charge in [-0.1, -0.05) is 6.92 Å². The lowest BCUT2D eigenvalue weighted by molar-refractivity contribution is -0.161. The van der Waals surface area contributed by atoms with E-state index in [2.05, 4.69) is 10.8 Å². The van der Waals surface area contributed by atoms with Crippen LogP contribution in [-0.4, -0.2) is 60.6 Å². The van der Waals surface area contributed by atoms with Crippen LogP contribution in [0.3, 0.4) is 0 Å². The number of rotatable bonds is 4. The van der Waals surface area contributed by atoms with E-state index in [4.69, 9.17) is 14.3 Å². The number of carbonyl (C=O) groups is 2. The first-order chi connectivity index (χ1) is 14.2. The van der Waals surface area contributed by atoms with Crippen molar-refractivity contribution in [3.05, 3.63) is 0 Å². The van der Waals surface area contributed by atoms with Crippen LogP contribution in [0.15, 0.2) is 0 Å². The number of hydroxylamine groups is 1. The maximum Gasteiger partial charge on any atom is 0.309 e. The van der Waals surface area contributed by atoms with E-state index in [1.54, 1.807) is 0 Å². The Labute approximate surface area is 179 Å². The molecule has 4 atom stereocenters. The molecule has 4 aliphatic rings. The third kappa shape index (κ3) is 4.82. The molecule has 0 bridgehead atoms. The Kier molecular flexibility index (Phi) is 6.40. The Morgan fingerprint density at radius 2 is 1.83 bits per heavy atom. The number of piperidine rings is 1. The molecule has 4 unspecified atom stereocenters. The molecule has 0 aromatic rings. The van der Waals surface area contributed by atoms with Gasteiger partial charge in [0, 0.05) is 18.4 Å². The highest BCUT2D eigenvalue weighted by Gasteiger charge is 2.44. The first-order valence-corrected chi connectivity index (χ1v) is 11.5. The second-order valence-corrected chi connectivity index (χ2v) is 10.5. The zero-order valence-electron chi connectivity index (χ0n) is 18.7. The van der Waals surface area contributed by atoms with Crippen molar-refractivity contribution in [2.45, 2.75) is 83.8 Å². The highest BCUT2D eigenvalue weighted by Crippen LogP contribution is 2.35. The molecule has 0 radical (unpaired) electrons. The average Bonchev–Trinajstić information content (AvgIpc) is 3.12. The Bertz CT molecular complexity index is 639. The fourth-order valence-corrected chi connectivity index (χ4v) is 5.14. The molecule has 0 aromatic heterocycles. The maximum atomic E-state index is 12.6. The van der Waals surface area contributed by atoms with E-state index in [0.29, 0.717) is 25.7 Å². The molecule has 1 aliphatic carbocycles. The van der Waals surface area contributed by atoms with Gasteiger partial charge in [-0.2, -0.15) is 5.48 Å². The fraction of sp³-hybridized carbons (Fsp3) is 0.909. The second-order valence-electron chi connectivity index (χ2n) is 10.5. The summed E-state index contributed by atoms with van der Waals surface area (Å²) in [7, 11) is 0. The van der Waals surface area contributed by atoms with Gasteiger partial charge in [-0.05, 0) is 58.8 Å². The summed E-state index contributed by atoms with van der Waals surface area (Å²) < 4.78 is 10.9. The largest absolute Gasteiger partial charge is 0.460 e. The number of carbonyl (C=O) groups excluding carboxylic acids is 2. The molecule has 3 heterocycles. The van der Waals surface area contributed by atoms with Crippen molar-refractivity contribution < 1.29 is 23.9 Å². The number of nitrogens with one attached hydrogen (secondary N) is 2. The minimum Gasteiger partial charge on any atom is -0.460 e. The quantitative estimate of drug-likeness (QED) is 0.667. The van der Waals surface area contributed by atoms with E-state index in [0.717, 1.165) is 32.1 Å². The molecule has 1 amide bonds. The number of amides is 1. The highest BCUT2D eigenvalue weighted by atomic mass is 16.7. The predicted octanol–water partition coefficient (Wildman–Crippen LogP) is 1.79. The second kappa shape index (κ2) is 8.73. The van der Waals surface area contributed by atoms with Gasteiger partial charge in [0.15, 0.2) is 0 Å². The fourth-order valence-electron chi connectivity index (χ4n) is 5.14. The van der Waals surface area contributed by atoms with Gasteiger partial charge in [-0.15, -0.1) is 0 Å². The van der Waals surface area contributed by atoms with Crippen LogP contribution in [0.1, 0.15) is 59.8 Å². The van der Waals surface area contributed by atoms with Gasteiger partial charge in [-0.3, -0.25) is 19.7 Å². The van der Waals surface area contributed by atoms with Crippen molar-refractivity contribution in [1.82, 2.24) is 15.7 Å².